The summed E-state index contributed by atoms with van der Waals surface area (Å²) in [5.41, 5.74) is 10.6. The largest absolute Gasteiger partial charge is 0.366 e. The second kappa shape index (κ2) is 3.36. The molecule has 1 heterocycles. The van der Waals surface area contributed by atoms with E-state index in [0.717, 1.165) is 0 Å². The molecule has 66 valence electrons. The molecule has 2 amide bonds. The van der Waals surface area contributed by atoms with E-state index in [-0.39, 0.29) is 12.3 Å². The molecule has 0 aromatic carbocycles. The van der Waals surface area contributed by atoms with Gasteiger partial charge < -0.3 is 16.4 Å². The molecule has 0 spiro atoms. The normalized spacial score (nSPS) is 16.6. The molecular weight excluding hydrogens is 158 g/mol. The highest BCUT2D eigenvalue weighted by molar-refractivity contribution is 6.00. The molecule has 0 fully saturated rings. The summed E-state index contributed by atoms with van der Waals surface area (Å²) in [6.45, 7) is 0.823. The third kappa shape index (κ3) is 1.62. The molecule has 0 aliphatic carbocycles. The van der Waals surface area contributed by atoms with Gasteiger partial charge in [-0.25, -0.2) is 0 Å². The van der Waals surface area contributed by atoms with Crippen molar-refractivity contribution in [1.29, 1.82) is 0 Å². The van der Waals surface area contributed by atoms with Gasteiger partial charge in [0.25, 0.3) is 0 Å². The van der Waals surface area contributed by atoms with E-state index in [1.54, 1.807) is 0 Å². The van der Waals surface area contributed by atoms with Crippen molar-refractivity contribution in [2.24, 2.45) is 11.5 Å². The van der Waals surface area contributed by atoms with E-state index in [9.17, 15) is 9.59 Å². The summed E-state index contributed by atoms with van der Waals surface area (Å²) >= 11 is 0. The number of carbonyl (C=O) groups excluding carboxylic acids is 2. The minimum absolute atomic E-state index is 0.106. The van der Waals surface area contributed by atoms with E-state index < -0.39 is 5.91 Å². The van der Waals surface area contributed by atoms with Crippen LogP contribution in [0.3, 0.4) is 0 Å². The lowest BCUT2D eigenvalue weighted by Crippen LogP contribution is -2.27. The van der Waals surface area contributed by atoms with Crippen LogP contribution in [0.1, 0.15) is 6.42 Å². The zero-order chi connectivity index (χ0) is 9.14. The minimum Gasteiger partial charge on any atom is -0.366 e. The molecule has 0 aromatic heterocycles. The zero-order valence-corrected chi connectivity index (χ0v) is 6.62. The van der Waals surface area contributed by atoms with Gasteiger partial charge in [-0.3, -0.25) is 9.59 Å². The Morgan fingerprint density at radius 1 is 1.67 bits per heavy atom. The summed E-state index contributed by atoms with van der Waals surface area (Å²) in [4.78, 5) is 23.1. The monoisotopic (exact) mass is 169 g/mol. The lowest BCUT2D eigenvalue weighted by molar-refractivity contribution is -0.127. The Kier molecular flexibility index (Phi) is 2.44. The van der Waals surface area contributed by atoms with Gasteiger partial charge in [-0.05, 0) is 0 Å². The Labute approximate surface area is 70.0 Å². The summed E-state index contributed by atoms with van der Waals surface area (Å²) < 4.78 is 0. The summed E-state index contributed by atoms with van der Waals surface area (Å²) in [5, 5.41) is 0. The van der Waals surface area contributed by atoms with Gasteiger partial charge in [0.1, 0.15) is 0 Å². The summed E-state index contributed by atoms with van der Waals surface area (Å²) in [6, 6.07) is 0. The van der Waals surface area contributed by atoms with Gasteiger partial charge in [-0.2, -0.15) is 0 Å². The first-order valence-electron chi connectivity index (χ1n) is 3.65. The fourth-order valence-electron chi connectivity index (χ4n) is 1.05. The van der Waals surface area contributed by atoms with Gasteiger partial charge in [0, 0.05) is 24.9 Å². The Morgan fingerprint density at radius 3 is 2.75 bits per heavy atom. The average molecular weight is 169 g/mol. The maximum Gasteiger partial charge on any atom is 0.246 e. The van der Waals surface area contributed by atoms with Crippen LogP contribution in [-0.2, 0) is 9.59 Å². The van der Waals surface area contributed by atoms with Gasteiger partial charge in [-0.15, -0.1) is 0 Å². The van der Waals surface area contributed by atoms with Crippen molar-refractivity contribution in [3.63, 3.8) is 0 Å². The molecule has 4 N–H and O–H groups in total. The number of nitrogens with zero attached hydrogens (tertiary/aromatic N) is 1. The van der Waals surface area contributed by atoms with Crippen molar-refractivity contribution in [2.75, 3.05) is 13.1 Å². The smallest absolute Gasteiger partial charge is 0.246 e. The van der Waals surface area contributed by atoms with Crippen LogP contribution in [0, 0.1) is 0 Å². The molecule has 0 saturated carbocycles. The first kappa shape index (κ1) is 8.73. The number of amides is 2. The fraction of sp³-hybridized carbons (Fsp3) is 0.429. The highest BCUT2D eigenvalue weighted by Crippen LogP contribution is 2.14. The minimum atomic E-state index is -0.539. The highest BCUT2D eigenvalue weighted by Gasteiger charge is 2.23. The molecule has 5 nitrogen and oxygen atoms in total. The lowest BCUT2D eigenvalue weighted by atomic mass is 10.2. The van der Waals surface area contributed by atoms with E-state index in [1.165, 1.54) is 11.1 Å². The number of primary amides is 1. The second-order valence-electron chi connectivity index (χ2n) is 2.57. The van der Waals surface area contributed by atoms with Crippen LogP contribution in [0.25, 0.3) is 0 Å². The maximum absolute atomic E-state index is 11.1. The van der Waals surface area contributed by atoms with Gasteiger partial charge in [0.15, 0.2) is 0 Å². The summed E-state index contributed by atoms with van der Waals surface area (Å²) in [7, 11) is 0. The van der Waals surface area contributed by atoms with Crippen molar-refractivity contribution in [1.82, 2.24) is 4.90 Å². The van der Waals surface area contributed by atoms with Crippen LogP contribution in [-0.4, -0.2) is 29.8 Å². The first-order valence-corrected chi connectivity index (χ1v) is 3.65. The van der Waals surface area contributed by atoms with Crippen LogP contribution in [0.5, 0.6) is 0 Å². The van der Waals surface area contributed by atoms with E-state index in [1.807, 2.05) is 0 Å². The number of nitrogens with two attached hydrogens (primary N) is 2. The molecular formula is C7H11N3O2. The molecule has 1 aliphatic rings. The third-order valence-electron chi connectivity index (χ3n) is 1.66. The summed E-state index contributed by atoms with van der Waals surface area (Å²) in [5.74, 6) is -0.655. The van der Waals surface area contributed by atoms with Crippen molar-refractivity contribution >= 4 is 11.8 Å². The van der Waals surface area contributed by atoms with E-state index >= 15 is 0 Å². The fourth-order valence-corrected chi connectivity index (χ4v) is 1.05. The van der Waals surface area contributed by atoms with Crippen LogP contribution in [0.2, 0.25) is 0 Å². The predicted molar refractivity (Wildman–Crippen MR) is 42.7 cm³/mol. The molecule has 1 aliphatic heterocycles. The average Bonchev–Trinajstić information content (AvgIpc) is 2.34. The van der Waals surface area contributed by atoms with Gasteiger partial charge in [0.2, 0.25) is 11.8 Å². The molecule has 0 unspecified atom stereocenters. The standard InChI is InChI=1S/C7H11N3O2/c8-1-2-10-4-5(7(9)12)3-6(10)11/h4H,1-3,8H2,(H2,9,12). The van der Waals surface area contributed by atoms with Crippen LogP contribution >= 0.6 is 0 Å². The van der Waals surface area contributed by atoms with Crippen molar-refractivity contribution in [2.45, 2.75) is 6.42 Å². The van der Waals surface area contributed by atoms with Crippen molar-refractivity contribution in [3.05, 3.63) is 11.8 Å². The predicted octanol–water partition coefficient (Wildman–Crippen LogP) is -1.45. The Balaban J connectivity index is 2.66. The number of rotatable bonds is 3. The Hall–Kier alpha value is -1.36. The van der Waals surface area contributed by atoms with E-state index in [2.05, 4.69) is 0 Å². The number of hydrogen-bond acceptors (Lipinski definition) is 3. The Morgan fingerprint density at radius 2 is 2.33 bits per heavy atom. The quantitative estimate of drug-likeness (QED) is 0.541. The van der Waals surface area contributed by atoms with Crippen LogP contribution < -0.4 is 11.5 Å². The van der Waals surface area contributed by atoms with Crippen molar-refractivity contribution < 1.29 is 9.59 Å². The molecule has 0 saturated heterocycles. The molecule has 5 heteroatoms. The molecule has 12 heavy (non-hydrogen) atoms. The highest BCUT2D eigenvalue weighted by atomic mass is 16.2. The Bertz CT molecular complexity index is 247. The topological polar surface area (TPSA) is 89.4 Å². The molecule has 0 atom stereocenters. The zero-order valence-electron chi connectivity index (χ0n) is 6.62. The van der Waals surface area contributed by atoms with E-state index in [4.69, 9.17) is 11.5 Å². The molecule has 0 radical (unpaired) electrons. The summed E-state index contributed by atoms with van der Waals surface area (Å²) in [6.07, 6.45) is 1.58. The number of carbonyl (C=O) groups is 2. The lowest BCUT2D eigenvalue weighted by Gasteiger charge is -2.10. The molecule has 0 aromatic rings. The second-order valence-corrected chi connectivity index (χ2v) is 2.57. The van der Waals surface area contributed by atoms with E-state index in [0.29, 0.717) is 18.7 Å². The van der Waals surface area contributed by atoms with Gasteiger partial charge in [-0.1, -0.05) is 0 Å². The van der Waals surface area contributed by atoms with Crippen LogP contribution in [0.4, 0.5) is 0 Å². The SMILES string of the molecule is NCCN1C=C(C(N)=O)CC1=O. The molecule has 1 rings (SSSR count). The third-order valence-corrected chi connectivity index (χ3v) is 1.66. The number of hydrogen-bond donors (Lipinski definition) is 2. The molecule has 0 bridgehead atoms. The van der Waals surface area contributed by atoms with Gasteiger partial charge >= 0.3 is 0 Å². The van der Waals surface area contributed by atoms with Gasteiger partial charge in [0.05, 0.1) is 6.42 Å². The van der Waals surface area contributed by atoms with Crippen molar-refractivity contribution in [3.8, 4) is 0 Å². The van der Waals surface area contributed by atoms with Crippen LogP contribution in [0.15, 0.2) is 11.8 Å². The first-order chi connectivity index (χ1) is 5.65. The maximum atomic E-state index is 11.1.